The van der Waals surface area contributed by atoms with E-state index in [0.29, 0.717) is 36.1 Å². The zero-order chi connectivity index (χ0) is 17.3. The van der Waals surface area contributed by atoms with Crippen LogP contribution in [0.25, 0.3) is 0 Å². The normalized spacial score (nSPS) is 25.1. The molecule has 0 radical (unpaired) electrons. The summed E-state index contributed by atoms with van der Waals surface area (Å²) in [5.41, 5.74) is 0.0746. The van der Waals surface area contributed by atoms with E-state index in [0.717, 1.165) is 12.0 Å². The number of carboxylic acids is 1. The maximum Gasteiger partial charge on any atom is 0.311 e. The highest BCUT2D eigenvalue weighted by molar-refractivity contribution is 6.42. The van der Waals surface area contributed by atoms with Crippen LogP contribution in [-0.4, -0.2) is 36.7 Å². The lowest BCUT2D eigenvalue weighted by Crippen LogP contribution is -2.46. The maximum atomic E-state index is 12.4. The SMILES string of the molecule is O=C(NCC1(C(=O)O)CCOCC1)C1CC1c1ccc(Cl)c(Cl)c1. The predicted octanol–water partition coefficient (Wildman–Crippen LogP) is 3.09. The third-order valence-electron chi connectivity index (χ3n) is 5.00. The van der Waals surface area contributed by atoms with Crippen molar-refractivity contribution in [2.75, 3.05) is 19.8 Å². The molecule has 24 heavy (non-hydrogen) atoms. The monoisotopic (exact) mass is 371 g/mol. The average Bonchev–Trinajstić information content (AvgIpc) is 3.36. The van der Waals surface area contributed by atoms with Crippen LogP contribution in [0.2, 0.25) is 10.0 Å². The number of amides is 1. The molecule has 2 fully saturated rings. The van der Waals surface area contributed by atoms with Crippen molar-refractivity contribution in [3.63, 3.8) is 0 Å². The van der Waals surface area contributed by atoms with Gasteiger partial charge in [-0.05, 0) is 42.9 Å². The highest BCUT2D eigenvalue weighted by atomic mass is 35.5. The quantitative estimate of drug-likeness (QED) is 0.833. The molecule has 1 aromatic carbocycles. The largest absolute Gasteiger partial charge is 0.481 e. The summed E-state index contributed by atoms with van der Waals surface area (Å²) in [6.45, 7) is 0.976. The van der Waals surface area contributed by atoms with Gasteiger partial charge < -0.3 is 15.2 Å². The second-order valence-corrected chi connectivity index (χ2v) is 7.35. The Morgan fingerprint density at radius 3 is 2.58 bits per heavy atom. The summed E-state index contributed by atoms with van der Waals surface area (Å²) < 4.78 is 5.24. The first-order chi connectivity index (χ1) is 11.4. The average molecular weight is 372 g/mol. The van der Waals surface area contributed by atoms with Gasteiger partial charge in [0.1, 0.15) is 0 Å². The first kappa shape index (κ1) is 17.5. The minimum atomic E-state index is -0.915. The fourth-order valence-corrected chi connectivity index (χ4v) is 3.52. The molecule has 1 aliphatic carbocycles. The summed E-state index contributed by atoms with van der Waals surface area (Å²) in [7, 11) is 0. The number of nitrogens with one attached hydrogen (secondary N) is 1. The summed E-state index contributed by atoms with van der Waals surface area (Å²) in [6.07, 6.45) is 1.58. The standard InChI is InChI=1S/C17H19Cl2NO4/c18-13-2-1-10(7-14(13)19)11-8-12(11)15(21)20-9-17(16(22)23)3-5-24-6-4-17/h1-2,7,11-12H,3-6,8-9H2,(H,20,21)(H,22,23). The van der Waals surface area contributed by atoms with Crippen molar-refractivity contribution in [3.8, 4) is 0 Å². The van der Waals surface area contributed by atoms with Crippen molar-refractivity contribution >= 4 is 35.1 Å². The van der Waals surface area contributed by atoms with Gasteiger partial charge in [0.25, 0.3) is 0 Å². The Morgan fingerprint density at radius 2 is 1.96 bits per heavy atom. The molecule has 0 aromatic heterocycles. The predicted molar refractivity (Wildman–Crippen MR) is 90.4 cm³/mol. The highest BCUT2D eigenvalue weighted by Crippen LogP contribution is 2.48. The minimum Gasteiger partial charge on any atom is -0.481 e. The molecule has 2 atom stereocenters. The number of carbonyl (C=O) groups excluding carboxylic acids is 1. The number of carboxylic acid groups (broad SMARTS) is 1. The van der Waals surface area contributed by atoms with Gasteiger partial charge in [-0.1, -0.05) is 29.3 Å². The molecule has 2 aliphatic rings. The van der Waals surface area contributed by atoms with Crippen molar-refractivity contribution in [1.29, 1.82) is 0 Å². The van der Waals surface area contributed by atoms with Crippen LogP contribution in [0.5, 0.6) is 0 Å². The molecule has 130 valence electrons. The Hall–Kier alpha value is -1.30. The Kier molecular flexibility index (Phi) is 5.04. The second kappa shape index (κ2) is 6.90. The van der Waals surface area contributed by atoms with Gasteiger partial charge in [0.05, 0.1) is 15.5 Å². The Labute approximate surface area is 150 Å². The van der Waals surface area contributed by atoms with E-state index in [1.807, 2.05) is 6.07 Å². The molecule has 0 bridgehead atoms. The number of hydrogen-bond acceptors (Lipinski definition) is 3. The van der Waals surface area contributed by atoms with Crippen LogP contribution < -0.4 is 5.32 Å². The number of benzene rings is 1. The van der Waals surface area contributed by atoms with E-state index >= 15 is 0 Å². The topological polar surface area (TPSA) is 75.6 Å². The van der Waals surface area contributed by atoms with Crippen molar-refractivity contribution < 1.29 is 19.4 Å². The van der Waals surface area contributed by atoms with Crippen molar-refractivity contribution in [2.24, 2.45) is 11.3 Å². The van der Waals surface area contributed by atoms with Crippen molar-refractivity contribution in [3.05, 3.63) is 33.8 Å². The minimum absolute atomic E-state index is 0.0989. The summed E-state index contributed by atoms with van der Waals surface area (Å²) >= 11 is 11.9. The lowest BCUT2D eigenvalue weighted by Gasteiger charge is -2.33. The molecule has 1 amide bonds. The van der Waals surface area contributed by atoms with Crippen LogP contribution in [0.15, 0.2) is 18.2 Å². The zero-order valence-corrected chi connectivity index (χ0v) is 14.6. The molecule has 1 saturated heterocycles. The molecule has 0 spiro atoms. The number of hydrogen-bond donors (Lipinski definition) is 2. The third kappa shape index (κ3) is 3.53. The van der Waals surface area contributed by atoms with E-state index in [1.165, 1.54) is 0 Å². The summed E-state index contributed by atoms with van der Waals surface area (Å²) in [5.74, 6) is -0.982. The van der Waals surface area contributed by atoms with Gasteiger partial charge in [-0.15, -0.1) is 0 Å². The smallest absolute Gasteiger partial charge is 0.311 e. The van der Waals surface area contributed by atoms with Crippen LogP contribution in [0.4, 0.5) is 0 Å². The summed E-state index contributed by atoms with van der Waals surface area (Å²) in [4.78, 5) is 23.9. The highest BCUT2D eigenvalue weighted by Gasteiger charge is 2.46. The Balaban J connectivity index is 1.58. The zero-order valence-electron chi connectivity index (χ0n) is 13.1. The van der Waals surface area contributed by atoms with Gasteiger partial charge in [-0.2, -0.15) is 0 Å². The molecule has 2 N–H and O–H groups in total. The maximum absolute atomic E-state index is 12.4. The van der Waals surface area contributed by atoms with Gasteiger partial charge in [0.2, 0.25) is 5.91 Å². The summed E-state index contributed by atoms with van der Waals surface area (Å²) in [5, 5.41) is 13.3. The Morgan fingerprint density at radius 1 is 1.25 bits per heavy atom. The van der Waals surface area contributed by atoms with E-state index in [1.54, 1.807) is 12.1 Å². The molecule has 1 aromatic rings. The molecule has 2 unspecified atom stereocenters. The van der Waals surface area contributed by atoms with Crippen LogP contribution in [0.1, 0.15) is 30.7 Å². The van der Waals surface area contributed by atoms with E-state index < -0.39 is 11.4 Å². The van der Waals surface area contributed by atoms with Crippen LogP contribution >= 0.6 is 23.2 Å². The lowest BCUT2D eigenvalue weighted by molar-refractivity contribution is -0.154. The second-order valence-electron chi connectivity index (χ2n) is 6.54. The fourth-order valence-electron chi connectivity index (χ4n) is 3.21. The number of carbonyl (C=O) groups is 2. The first-order valence-corrected chi connectivity index (χ1v) is 8.72. The number of rotatable bonds is 5. The molecular weight excluding hydrogens is 353 g/mol. The summed E-state index contributed by atoms with van der Waals surface area (Å²) in [6, 6.07) is 5.40. The van der Waals surface area contributed by atoms with E-state index in [-0.39, 0.29) is 24.3 Å². The van der Waals surface area contributed by atoms with Crippen LogP contribution in [-0.2, 0) is 14.3 Å². The van der Waals surface area contributed by atoms with Gasteiger partial charge in [-0.3, -0.25) is 9.59 Å². The molecule has 1 saturated carbocycles. The molecular formula is C17H19Cl2NO4. The number of halogens is 2. The molecule has 3 rings (SSSR count). The molecule has 5 nitrogen and oxygen atoms in total. The first-order valence-electron chi connectivity index (χ1n) is 7.97. The van der Waals surface area contributed by atoms with E-state index in [4.69, 9.17) is 27.9 Å². The van der Waals surface area contributed by atoms with Crippen LogP contribution in [0, 0.1) is 11.3 Å². The van der Waals surface area contributed by atoms with E-state index in [2.05, 4.69) is 5.32 Å². The molecule has 1 aliphatic heterocycles. The molecule has 1 heterocycles. The van der Waals surface area contributed by atoms with Crippen LogP contribution in [0.3, 0.4) is 0 Å². The number of aliphatic carboxylic acids is 1. The lowest BCUT2D eigenvalue weighted by atomic mass is 9.80. The van der Waals surface area contributed by atoms with Gasteiger partial charge in [0.15, 0.2) is 0 Å². The number of ether oxygens (including phenoxy) is 1. The Bertz CT molecular complexity index is 658. The van der Waals surface area contributed by atoms with Crippen molar-refractivity contribution in [1.82, 2.24) is 5.32 Å². The van der Waals surface area contributed by atoms with Gasteiger partial charge >= 0.3 is 5.97 Å². The van der Waals surface area contributed by atoms with Gasteiger partial charge in [0, 0.05) is 25.7 Å². The van der Waals surface area contributed by atoms with Gasteiger partial charge in [-0.25, -0.2) is 0 Å². The molecule has 7 heteroatoms. The fraction of sp³-hybridized carbons (Fsp3) is 0.529. The van der Waals surface area contributed by atoms with Crippen molar-refractivity contribution in [2.45, 2.75) is 25.2 Å². The third-order valence-corrected chi connectivity index (χ3v) is 5.74. The van der Waals surface area contributed by atoms with E-state index in [9.17, 15) is 14.7 Å².